The Labute approximate surface area is 128 Å². The topological polar surface area (TPSA) is 56.8 Å². The van der Waals surface area contributed by atoms with Crippen molar-refractivity contribution in [3.63, 3.8) is 0 Å². The number of rotatable bonds is 3. The lowest BCUT2D eigenvalue weighted by Gasteiger charge is -2.35. The Morgan fingerprint density at radius 3 is 2.71 bits per heavy atom. The third kappa shape index (κ3) is 3.24. The highest BCUT2D eigenvalue weighted by atomic mass is 32.1. The van der Waals surface area contributed by atoms with Crippen LogP contribution < -0.4 is 0 Å². The van der Waals surface area contributed by atoms with Gasteiger partial charge < -0.3 is 9.80 Å². The molecule has 3 rings (SSSR count). The van der Waals surface area contributed by atoms with E-state index in [0.717, 1.165) is 37.7 Å². The molecule has 0 bridgehead atoms. The Hall–Kier alpha value is -1.47. The summed E-state index contributed by atoms with van der Waals surface area (Å²) >= 11 is 1.67. The quantitative estimate of drug-likeness (QED) is 0.804. The number of nitrogens with zero attached hydrogens (tertiary/aromatic N) is 4. The number of thiazole rings is 1. The van der Waals surface area contributed by atoms with Gasteiger partial charge in [0.1, 0.15) is 5.01 Å². The van der Waals surface area contributed by atoms with Crippen LogP contribution >= 0.6 is 11.3 Å². The lowest BCUT2D eigenvalue weighted by Crippen LogP contribution is -2.50. The van der Waals surface area contributed by atoms with Gasteiger partial charge in [-0.15, -0.1) is 11.3 Å². The molecule has 0 N–H and O–H groups in total. The van der Waals surface area contributed by atoms with Crippen molar-refractivity contribution in [3.8, 4) is 0 Å². The Kier molecular flexibility index (Phi) is 4.21. The molecule has 1 atom stereocenters. The van der Waals surface area contributed by atoms with E-state index >= 15 is 0 Å². The fourth-order valence-electron chi connectivity index (χ4n) is 2.94. The third-order valence-corrected chi connectivity index (χ3v) is 4.98. The highest BCUT2D eigenvalue weighted by Crippen LogP contribution is 2.20. The van der Waals surface area contributed by atoms with Crippen molar-refractivity contribution in [2.75, 3.05) is 39.8 Å². The van der Waals surface area contributed by atoms with Gasteiger partial charge in [-0.3, -0.25) is 14.5 Å². The first-order chi connectivity index (χ1) is 10.1. The molecule has 21 heavy (non-hydrogen) atoms. The fourth-order valence-corrected chi connectivity index (χ4v) is 3.59. The maximum Gasteiger partial charge on any atom is 0.228 e. The van der Waals surface area contributed by atoms with Gasteiger partial charge in [-0.05, 0) is 0 Å². The number of hydrogen-bond donors (Lipinski definition) is 0. The zero-order chi connectivity index (χ0) is 14.8. The fraction of sp³-hybridized carbons (Fsp3) is 0.643. The zero-order valence-electron chi connectivity index (χ0n) is 12.2. The maximum atomic E-state index is 12.4. The van der Waals surface area contributed by atoms with E-state index in [0.29, 0.717) is 13.0 Å². The number of aromatic nitrogens is 1. The summed E-state index contributed by atoms with van der Waals surface area (Å²) in [4.78, 5) is 34.2. The highest BCUT2D eigenvalue weighted by molar-refractivity contribution is 7.09. The summed E-state index contributed by atoms with van der Waals surface area (Å²) in [5.74, 6) is 0.0744. The Morgan fingerprint density at radius 1 is 1.38 bits per heavy atom. The van der Waals surface area contributed by atoms with Crippen LogP contribution in [0.5, 0.6) is 0 Å². The summed E-state index contributed by atoms with van der Waals surface area (Å²) in [6, 6.07) is 0. The highest BCUT2D eigenvalue weighted by Gasteiger charge is 2.35. The smallest absolute Gasteiger partial charge is 0.228 e. The van der Waals surface area contributed by atoms with Crippen LogP contribution in [0, 0.1) is 5.92 Å². The van der Waals surface area contributed by atoms with Crippen LogP contribution in [0.25, 0.3) is 0 Å². The van der Waals surface area contributed by atoms with E-state index in [1.807, 2.05) is 16.5 Å². The molecule has 2 aliphatic rings. The second-order valence-corrected chi connectivity index (χ2v) is 6.68. The monoisotopic (exact) mass is 308 g/mol. The molecule has 2 fully saturated rings. The van der Waals surface area contributed by atoms with Crippen molar-refractivity contribution in [1.29, 1.82) is 0 Å². The third-order valence-electron chi connectivity index (χ3n) is 4.22. The van der Waals surface area contributed by atoms with Crippen LogP contribution in [-0.4, -0.2) is 71.3 Å². The molecule has 0 saturated carbocycles. The molecule has 114 valence electrons. The lowest BCUT2D eigenvalue weighted by atomic mass is 10.1. The molecule has 0 radical (unpaired) electrons. The Bertz CT molecular complexity index is 511. The molecule has 1 aromatic heterocycles. The number of piperazine rings is 1. The molecule has 1 unspecified atom stereocenters. The van der Waals surface area contributed by atoms with E-state index in [1.54, 1.807) is 23.3 Å². The summed E-state index contributed by atoms with van der Waals surface area (Å²) < 4.78 is 0. The van der Waals surface area contributed by atoms with E-state index in [4.69, 9.17) is 0 Å². The average Bonchev–Trinajstić information content (AvgIpc) is 3.10. The van der Waals surface area contributed by atoms with Crippen molar-refractivity contribution >= 4 is 23.2 Å². The molecule has 6 nitrogen and oxygen atoms in total. The van der Waals surface area contributed by atoms with Gasteiger partial charge in [-0.2, -0.15) is 0 Å². The van der Waals surface area contributed by atoms with Crippen LogP contribution in [0.1, 0.15) is 11.4 Å². The number of hydrogen-bond acceptors (Lipinski definition) is 5. The number of carbonyl (C=O) groups is 2. The summed E-state index contributed by atoms with van der Waals surface area (Å²) in [6.07, 6.45) is 2.20. The van der Waals surface area contributed by atoms with E-state index in [1.165, 1.54) is 0 Å². The van der Waals surface area contributed by atoms with Gasteiger partial charge in [-0.1, -0.05) is 0 Å². The molecule has 1 aromatic rings. The van der Waals surface area contributed by atoms with Crippen LogP contribution in [0.15, 0.2) is 11.6 Å². The number of amides is 2. The summed E-state index contributed by atoms with van der Waals surface area (Å²) in [6.45, 7) is 4.68. The molecular formula is C14H20N4O2S. The van der Waals surface area contributed by atoms with E-state index in [2.05, 4.69) is 9.88 Å². The van der Waals surface area contributed by atoms with Crippen molar-refractivity contribution in [3.05, 3.63) is 16.6 Å². The van der Waals surface area contributed by atoms with Crippen molar-refractivity contribution < 1.29 is 9.59 Å². The minimum Gasteiger partial charge on any atom is -0.345 e. The molecule has 2 saturated heterocycles. The SMILES string of the molecule is CN1CC(C(=O)N2CCN(Cc3nccs3)CC2)CC1=O. The molecule has 0 aromatic carbocycles. The largest absolute Gasteiger partial charge is 0.345 e. The minimum atomic E-state index is -0.145. The van der Waals surface area contributed by atoms with Gasteiger partial charge in [0.05, 0.1) is 12.5 Å². The zero-order valence-corrected chi connectivity index (χ0v) is 13.0. The van der Waals surface area contributed by atoms with Gasteiger partial charge in [0.25, 0.3) is 0 Å². The molecule has 2 aliphatic heterocycles. The van der Waals surface area contributed by atoms with Crippen LogP contribution in [-0.2, 0) is 16.1 Å². The standard InChI is InChI=1S/C14H20N4O2S/c1-16-9-11(8-13(16)19)14(20)18-5-3-17(4-6-18)10-12-15-2-7-21-12/h2,7,11H,3-6,8-10H2,1H3. The molecule has 0 aliphatic carbocycles. The normalized spacial score (nSPS) is 23.9. The van der Waals surface area contributed by atoms with Gasteiger partial charge in [0, 0.05) is 57.8 Å². The number of likely N-dealkylation sites (tertiary alicyclic amines) is 1. The maximum absolute atomic E-state index is 12.4. The van der Waals surface area contributed by atoms with E-state index < -0.39 is 0 Å². The first-order valence-electron chi connectivity index (χ1n) is 7.27. The van der Waals surface area contributed by atoms with Crippen LogP contribution in [0.3, 0.4) is 0 Å². The number of carbonyl (C=O) groups excluding carboxylic acids is 2. The first-order valence-corrected chi connectivity index (χ1v) is 8.15. The first kappa shape index (κ1) is 14.5. The molecule has 3 heterocycles. The summed E-state index contributed by atoms with van der Waals surface area (Å²) in [5, 5.41) is 3.11. The summed E-state index contributed by atoms with van der Waals surface area (Å²) in [5.41, 5.74) is 0. The van der Waals surface area contributed by atoms with Gasteiger partial charge in [-0.25, -0.2) is 4.98 Å². The van der Waals surface area contributed by atoms with Gasteiger partial charge in [0.15, 0.2) is 0 Å². The predicted molar refractivity (Wildman–Crippen MR) is 79.7 cm³/mol. The second kappa shape index (κ2) is 6.11. The minimum absolute atomic E-state index is 0.0794. The van der Waals surface area contributed by atoms with Gasteiger partial charge >= 0.3 is 0 Å². The second-order valence-electron chi connectivity index (χ2n) is 5.70. The molecule has 7 heteroatoms. The summed E-state index contributed by atoms with van der Waals surface area (Å²) in [7, 11) is 1.77. The van der Waals surface area contributed by atoms with Crippen LogP contribution in [0.2, 0.25) is 0 Å². The van der Waals surface area contributed by atoms with Gasteiger partial charge in [0.2, 0.25) is 11.8 Å². The van der Waals surface area contributed by atoms with Crippen LogP contribution in [0.4, 0.5) is 0 Å². The van der Waals surface area contributed by atoms with E-state index in [9.17, 15) is 9.59 Å². The molecular weight excluding hydrogens is 288 g/mol. The van der Waals surface area contributed by atoms with Crippen molar-refractivity contribution in [1.82, 2.24) is 19.7 Å². The molecule has 0 spiro atoms. The average molecular weight is 308 g/mol. The van der Waals surface area contributed by atoms with Crippen molar-refractivity contribution in [2.24, 2.45) is 5.92 Å². The van der Waals surface area contributed by atoms with E-state index in [-0.39, 0.29) is 17.7 Å². The Balaban J connectivity index is 1.49. The predicted octanol–water partition coefficient (Wildman–Crippen LogP) is 0.266. The molecule has 2 amide bonds. The lowest BCUT2D eigenvalue weighted by molar-refractivity contribution is -0.137. The Morgan fingerprint density at radius 2 is 2.14 bits per heavy atom. The van der Waals surface area contributed by atoms with Crippen molar-refractivity contribution in [2.45, 2.75) is 13.0 Å².